The van der Waals surface area contributed by atoms with Gasteiger partial charge in [0.1, 0.15) is 5.69 Å². The number of amides is 1. The van der Waals surface area contributed by atoms with E-state index in [1.165, 1.54) is 6.20 Å². The first-order valence-electron chi connectivity index (χ1n) is 8.61. The monoisotopic (exact) mass is 341 g/mol. The molecule has 1 saturated heterocycles. The molecule has 0 unspecified atom stereocenters. The van der Waals surface area contributed by atoms with E-state index in [1.54, 1.807) is 12.4 Å². The molecule has 132 valence electrons. The second kappa shape index (κ2) is 8.53. The van der Waals surface area contributed by atoms with Gasteiger partial charge < -0.3 is 9.64 Å². The Hall–Kier alpha value is -2.54. The summed E-state index contributed by atoms with van der Waals surface area (Å²) in [5.41, 5.74) is 1.56. The summed E-state index contributed by atoms with van der Waals surface area (Å²) in [5, 5.41) is 0. The first kappa shape index (κ1) is 17.3. The van der Waals surface area contributed by atoms with Gasteiger partial charge in [0, 0.05) is 57.4 Å². The number of carbonyl (C=O) groups is 1. The van der Waals surface area contributed by atoms with Gasteiger partial charge in [-0.1, -0.05) is 13.0 Å². The molecule has 0 N–H and O–H groups in total. The van der Waals surface area contributed by atoms with E-state index in [0.717, 1.165) is 31.6 Å². The van der Waals surface area contributed by atoms with Gasteiger partial charge in [-0.2, -0.15) is 0 Å². The quantitative estimate of drug-likeness (QED) is 0.795. The molecule has 0 bridgehead atoms. The first-order valence-corrected chi connectivity index (χ1v) is 8.61. The molecule has 0 saturated carbocycles. The van der Waals surface area contributed by atoms with Crippen molar-refractivity contribution >= 4 is 5.91 Å². The second-order valence-corrected chi connectivity index (χ2v) is 6.01. The van der Waals surface area contributed by atoms with Crippen LogP contribution < -0.4 is 4.74 Å². The normalized spacial score (nSPS) is 15.2. The molecule has 3 rings (SSSR count). The molecule has 2 aromatic rings. The average molecular weight is 341 g/mol. The van der Waals surface area contributed by atoms with Crippen LogP contribution >= 0.6 is 0 Å². The lowest BCUT2D eigenvalue weighted by atomic mass is 10.2. The smallest absolute Gasteiger partial charge is 0.274 e. The van der Waals surface area contributed by atoms with E-state index < -0.39 is 0 Å². The minimum Gasteiger partial charge on any atom is -0.478 e. The summed E-state index contributed by atoms with van der Waals surface area (Å²) >= 11 is 0. The third-order valence-corrected chi connectivity index (χ3v) is 4.10. The Kier molecular flexibility index (Phi) is 5.90. The van der Waals surface area contributed by atoms with Crippen molar-refractivity contribution < 1.29 is 9.53 Å². The average Bonchev–Trinajstić information content (AvgIpc) is 2.68. The molecular formula is C18H23N5O2. The maximum absolute atomic E-state index is 12.4. The zero-order valence-electron chi connectivity index (χ0n) is 14.5. The third-order valence-electron chi connectivity index (χ3n) is 4.10. The Morgan fingerprint density at radius 1 is 1.12 bits per heavy atom. The predicted molar refractivity (Wildman–Crippen MR) is 93.2 cm³/mol. The van der Waals surface area contributed by atoms with Gasteiger partial charge in [0.25, 0.3) is 5.91 Å². The molecule has 0 spiro atoms. The first-order chi connectivity index (χ1) is 12.3. The van der Waals surface area contributed by atoms with E-state index in [4.69, 9.17) is 4.74 Å². The van der Waals surface area contributed by atoms with Crippen molar-refractivity contribution in [2.75, 3.05) is 32.8 Å². The largest absolute Gasteiger partial charge is 0.478 e. The lowest BCUT2D eigenvalue weighted by Gasteiger charge is -2.34. The highest BCUT2D eigenvalue weighted by molar-refractivity contribution is 5.92. The Morgan fingerprint density at radius 2 is 1.96 bits per heavy atom. The highest BCUT2D eigenvalue weighted by Crippen LogP contribution is 2.12. The Balaban J connectivity index is 1.48. The van der Waals surface area contributed by atoms with Crippen molar-refractivity contribution in [2.24, 2.45) is 0 Å². The number of carbonyl (C=O) groups excluding carboxylic acids is 1. The maximum Gasteiger partial charge on any atom is 0.274 e. The van der Waals surface area contributed by atoms with E-state index in [-0.39, 0.29) is 5.91 Å². The van der Waals surface area contributed by atoms with Crippen LogP contribution in [0.2, 0.25) is 0 Å². The van der Waals surface area contributed by atoms with Crippen LogP contribution in [0.4, 0.5) is 0 Å². The van der Waals surface area contributed by atoms with Crippen LogP contribution in [0.15, 0.2) is 36.9 Å². The number of hydrogen-bond donors (Lipinski definition) is 0. The zero-order chi connectivity index (χ0) is 17.5. The topological polar surface area (TPSA) is 71.5 Å². The summed E-state index contributed by atoms with van der Waals surface area (Å²) in [6, 6.07) is 3.97. The van der Waals surface area contributed by atoms with E-state index in [0.29, 0.717) is 31.3 Å². The summed E-state index contributed by atoms with van der Waals surface area (Å²) in [4.78, 5) is 28.9. The molecule has 0 atom stereocenters. The van der Waals surface area contributed by atoms with Crippen molar-refractivity contribution in [2.45, 2.75) is 19.9 Å². The zero-order valence-corrected chi connectivity index (χ0v) is 14.5. The highest BCUT2D eigenvalue weighted by atomic mass is 16.5. The van der Waals surface area contributed by atoms with Crippen LogP contribution in [0.5, 0.6) is 5.88 Å². The van der Waals surface area contributed by atoms with Crippen molar-refractivity contribution in [3.8, 4) is 5.88 Å². The molecule has 1 aliphatic rings. The summed E-state index contributed by atoms with van der Waals surface area (Å²) in [6.07, 6.45) is 7.47. The third kappa shape index (κ3) is 4.73. The van der Waals surface area contributed by atoms with Crippen molar-refractivity contribution in [3.05, 3.63) is 48.2 Å². The van der Waals surface area contributed by atoms with E-state index >= 15 is 0 Å². The highest BCUT2D eigenvalue weighted by Gasteiger charge is 2.23. The van der Waals surface area contributed by atoms with Crippen LogP contribution in [0, 0.1) is 0 Å². The number of nitrogens with zero attached hydrogens (tertiary/aromatic N) is 5. The number of ether oxygens (including phenoxy) is 1. The van der Waals surface area contributed by atoms with E-state index in [1.807, 2.05) is 17.2 Å². The number of pyridine rings is 1. The Morgan fingerprint density at radius 3 is 2.60 bits per heavy atom. The minimum absolute atomic E-state index is 0.0492. The molecule has 1 aliphatic heterocycles. The molecule has 0 aromatic carbocycles. The number of piperazine rings is 1. The molecule has 7 heteroatoms. The minimum atomic E-state index is -0.0492. The summed E-state index contributed by atoms with van der Waals surface area (Å²) in [7, 11) is 0. The number of aromatic nitrogens is 3. The Labute approximate surface area is 147 Å². The van der Waals surface area contributed by atoms with Gasteiger partial charge in [0.2, 0.25) is 5.88 Å². The summed E-state index contributed by atoms with van der Waals surface area (Å²) in [5.74, 6) is 0.622. The van der Waals surface area contributed by atoms with Gasteiger partial charge in [0.05, 0.1) is 12.8 Å². The number of rotatable bonds is 6. The SMILES string of the molecule is CCCOc1ccc(CN2CCN(C(=O)c3cnccn3)CC2)cn1. The van der Waals surface area contributed by atoms with Gasteiger partial charge in [-0.05, 0) is 12.0 Å². The van der Waals surface area contributed by atoms with Gasteiger partial charge in [-0.15, -0.1) is 0 Å². The van der Waals surface area contributed by atoms with Crippen molar-refractivity contribution in [1.82, 2.24) is 24.8 Å². The molecular weight excluding hydrogens is 318 g/mol. The molecule has 1 fully saturated rings. The molecule has 7 nitrogen and oxygen atoms in total. The summed E-state index contributed by atoms with van der Waals surface area (Å²) in [6.45, 7) is 6.65. The second-order valence-electron chi connectivity index (χ2n) is 6.01. The molecule has 2 aromatic heterocycles. The molecule has 25 heavy (non-hydrogen) atoms. The van der Waals surface area contributed by atoms with Gasteiger partial charge >= 0.3 is 0 Å². The fourth-order valence-electron chi connectivity index (χ4n) is 2.74. The number of hydrogen-bond acceptors (Lipinski definition) is 6. The predicted octanol–water partition coefficient (Wildman–Crippen LogP) is 1.62. The van der Waals surface area contributed by atoms with E-state index in [9.17, 15) is 4.79 Å². The van der Waals surface area contributed by atoms with Crippen molar-refractivity contribution in [1.29, 1.82) is 0 Å². The van der Waals surface area contributed by atoms with Crippen LogP contribution in [-0.4, -0.2) is 63.4 Å². The van der Waals surface area contributed by atoms with Gasteiger partial charge in [-0.3, -0.25) is 14.7 Å². The fourth-order valence-corrected chi connectivity index (χ4v) is 2.74. The van der Waals surface area contributed by atoms with E-state index in [2.05, 4.69) is 32.8 Å². The molecule has 3 heterocycles. The van der Waals surface area contributed by atoms with Crippen LogP contribution in [0.1, 0.15) is 29.4 Å². The van der Waals surface area contributed by atoms with Crippen molar-refractivity contribution in [3.63, 3.8) is 0 Å². The lowest BCUT2D eigenvalue weighted by Crippen LogP contribution is -2.48. The standard InChI is InChI=1S/C18H23N5O2/c1-2-11-25-17-4-3-15(12-21-17)14-22-7-9-23(10-8-22)18(24)16-13-19-5-6-20-16/h3-6,12-13H,2,7-11,14H2,1H3. The molecule has 1 amide bonds. The lowest BCUT2D eigenvalue weighted by molar-refractivity contribution is 0.0622. The molecule has 0 radical (unpaired) electrons. The van der Waals surface area contributed by atoms with Crippen LogP contribution in [0.25, 0.3) is 0 Å². The fraction of sp³-hybridized carbons (Fsp3) is 0.444. The Bertz CT molecular complexity index is 670. The maximum atomic E-state index is 12.4. The molecule has 0 aliphatic carbocycles. The van der Waals surface area contributed by atoms with Crippen LogP contribution in [0.3, 0.4) is 0 Å². The van der Waals surface area contributed by atoms with Gasteiger partial charge in [0.15, 0.2) is 0 Å². The van der Waals surface area contributed by atoms with Gasteiger partial charge in [-0.25, -0.2) is 9.97 Å². The summed E-state index contributed by atoms with van der Waals surface area (Å²) < 4.78 is 5.50. The van der Waals surface area contributed by atoms with Crippen LogP contribution in [-0.2, 0) is 6.54 Å².